The number of hydrogen-bond acceptors (Lipinski definition) is 4. The van der Waals surface area contributed by atoms with Crippen LogP contribution in [0, 0.1) is 6.92 Å². The Balaban J connectivity index is 1.25. The summed E-state index contributed by atoms with van der Waals surface area (Å²) in [5.41, 5.74) is 11.0. The van der Waals surface area contributed by atoms with Crippen LogP contribution in [0.1, 0.15) is 33.6 Å². The lowest BCUT2D eigenvalue weighted by Crippen LogP contribution is -1.96. The number of rotatable bonds is 5. The molecule has 0 amide bonds. The zero-order chi connectivity index (χ0) is 25.7. The number of nitrogens with zero attached hydrogens (tertiary/aromatic N) is 4. The van der Waals surface area contributed by atoms with Crippen LogP contribution in [0.15, 0.2) is 114 Å². The quantitative estimate of drug-likeness (QED) is 0.325. The molecule has 4 aromatic rings. The van der Waals surface area contributed by atoms with Gasteiger partial charge in [-0.3, -0.25) is 15.1 Å². The number of aromatic nitrogens is 4. The van der Waals surface area contributed by atoms with Crippen molar-refractivity contribution in [2.24, 2.45) is 4.99 Å². The van der Waals surface area contributed by atoms with E-state index in [0.717, 1.165) is 68.3 Å². The van der Waals surface area contributed by atoms with Gasteiger partial charge in [-0.15, -0.1) is 0 Å². The summed E-state index contributed by atoms with van der Waals surface area (Å²) in [5, 5.41) is 7.48. The first-order chi connectivity index (χ1) is 18.7. The van der Waals surface area contributed by atoms with Gasteiger partial charge in [0, 0.05) is 34.8 Å². The van der Waals surface area contributed by atoms with Gasteiger partial charge < -0.3 is 0 Å². The highest BCUT2D eigenvalue weighted by atomic mass is 15.1. The van der Waals surface area contributed by atoms with Gasteiger partial charge in [-0.25, -0.2) is 4.99 Å². The van der Waals surface area contributed by atoms with Gasteiger partial charge in [0.2, 0.25) is 0 Å². The summed E-state index contributed by atoms with van der Waals surface area (Å²) < 4.78 is 0. The zero-order valence-corrected chi connectivity index (χ0v) is 21.0. The molecule has 0 unspecified atom stereocenters. The molecule has 0 atom stereocenters. The number of hydrogen-bond donors (Lipinski definition) is 1. The number of benzene rings is 1. The summed E-state index contributed by atoms with van der Waals surface area (Å²) in [5.74, 6) is 3.01. The van der Waals surface area contributed by atoms with Crippen LogP contribution >= 0.6 is 0 Å². The van der Waals surface area contributed by atoms with Gasteiger partial charge in [0.05, 0.1) is 17.1 Å². The Morgan fingerprint density at radius 2 is 1.87 bits per heavy atom. The largest absolute Gasteiger partial charge is 0.284 e. The number of fused-ring (bicyclic) bond motifs is 1. The van der Waals surface area contributed by atoms with E-state index in [9.17, 15) is 0 Å². The van der Waals surface area contributed by atoms with E-state index in [4.69, 9.17) is 4.98 Å². The van der Waals surface area contributed by atoms with E-state index < -0.39 is 0 Å². The zero-order valence-electron chi connectivity index (χ0n) is 21.0. The molecule has 0 spiro atoms. The van der Waals surface area contributed by atoms with Crippen molar-refractivity contribution in [1.82, 2.24) is 20.2 Å². The predicted molar refractivity (Wildman–Crippen MR) is 155 cm³/mol. The third-order valence-corrected chi connectivity index (χ3v) is 6.42. The maximum absolute atomic E-state index is 4.80. The predicted octanol–water partition coefficient (Wildman–Crippen LogP) is 7.05. The molecule has 5 nitrogen and oxygen atoms in total. The molecule has 0 saturated heterocycles. The number of aryl methyl sites for hydroxylation is 1. The van der Waals surface area contributed by atoms with Gasteiger partial charge in [-0.05, 0) is 78.4 Å². The van der Waals surface area contributed by atoms with Crippen molar-refractivity contribution in [3.63, 3.8) is 0 Å². The Hall–Kier alpha value is -5.12. The molecule has 3 aromatic heterocycles. The molecule has 1 aliphatic heterocycles. The van der Waals surface area contributed by atoms with E-state index in [0.29, 0.717) is 0 Å². The monoisotopic (exact) mass is 491 g/mol. The molecule has 1 aliphatic carbocycles. The minimum Gasteiger partial charge on any atom is -0.284 e. The Bertz CT molecular complexity index is 1720. The second-order valence-electron chi connectivity index (χ2n) is 9.17. The summed E-state index contributed by atoms with van der Waals surface area (Å²) >= 11 is 0. The number of nitrogens with one attached hydrogen (secondary N) is 1. The smallest absolute Gasteiger partial charge is 0.118 e. The minimum atomic E-state index is 0.755. The molecule has 1 N–H and O–H groups in total. The molecule has 182 valence electrons. The Morgan fingerprint density at radius 3 is 2.76 bits per heavy atom. The maximum Gasteiger partial charge on any atom is 0.118 e. The Morgan fingerprint density at radius 1 is 0.947 bits per heavy atom. The average molecular weight is 492 g/mol. The number of H-pyrrole nitrogens is 1. The first-order valence-corrected chi connectivity index (χ1v) is 12.5. The maximum atomic E-state index is 4.80. The van der Waals surface area contributed by atoms with Gasteiger partial charge in [0.15, 0.2) is 0 Å². The van der Waals surface area contributed by atoms with E-state index in [1.807, 2.05) is 61.8 Å². The molecule has 5 heteroatoms. The van der Waals surface area contributed by atoms with Crippen molar-refractivity contribution in [3.8, 4) is 11.4 Å². The number of pyridine rings is 2. The lowest BCUT2D eigenvalue weighted by atomic mass is 9.98. The van der Waals surface area contributed by atoms with Gasteiger partial charge in [0.25, 0.3) is 0 Å². The summed E-state index contributed by atoms with van der Waals surface area (Å²) in [6.45, 7) is 1.99. The summed E-state index contributed by atoms with van der Waals surface area (Å²) in [7, 11) is 0. The normalized spacial score (nSPS) is 15.0. The van der Waals surface area contributed by atoms with Crippen LogP contribution in [-0.2, 0) is 6.42 Å². The third-order valence-electron chi connectivity index (χ3n) is 6.42. The highest BCUT2D eigenvalue weighted by Crippen LogP contribution is 2.29. The summed E-state index contributed by atoms with van der Waals surface area (Å²) in [6.07, 6.45) is 21.1. The van der Waals surface area contributed by atoms with Gasteiger partial charge in [-0.1, -0.05) is 60.7 Å². The summed E-state index contributed by atoms with van der Waals surface area (Å²) in [6, 6.07) is 18.4. The van der Waals surface area contributed by atoms with Crippen LogP contribution in [0.2, 0.25) is 0 Å². The van der Waals surface area contributed by atoms with Crippen molar-refractivity contribution in [2.75, 3.05) is 0 Å². The Kier molecular flexibility index (Phi) is 6.42. The lowest BCUT2D eigenvalue weighted by Gasteiger charge is -2.09. The standard InChI is InChI=1S/C33H25N5/c1-23-8-5-14-31(37-23)33-29(22-36-38-33)26-12-6-13-28-19-25(21-35-30(28)16-15-26)18-24-9-7-17-34-32(20-24)27-10-3-2-4-11-27/h2-16,19-22H,18H2,1H3,(H,36,38)/b12-6?,13-6+,16-15?,26-12?,26-15?,28-13?,30-16?. The SMILES string of the molecule is Cc1cccc(-c2n[nH]cc2C2=C/C=C/c3cc(CC4=CC=C=NC(c5ccccc5)=C4)cnc3C=C2)n1. The highest BCUT2D eigenvalue weighted by Gasteiger charge is 2.14. The average Bonchev–Trinajstić information content (AvgIpc) is 3.30. The molecule has 0 fully saturated rings. The molecule has 2 aliphatic rings. The van der Waals surface area contributed by atoms with Crippen molar-refractivity contribution in [1.29, 1.82) is 0 Å². The number of allylic oxidation sites excluding steroid dienone is 8. The molecule has 4 heterocycles. The van der Waals surface area contributed by atoms with Crippen LogP contribution in [0.4, 0.5) is 0 Å². The molecule has 38 heavy (non-hydrogen) atoms. The second kappa shape index (κ2) is 10.5. The molecule has 0 saturated carbocycles. The van der Waals surface area contributed by atoms with Crippen LogP contribution in [0.3, 0.4) is 0 Å². The third kappa shape index (κ3) is 5.05. The van der Waals surface area contributed by atoms with Crippen LogP contribution in [0.25, 0.3) is 34.8 Å². The van der Waals surface area contributed by atoms with Crippen LogP contribution in [-0.4, -0.2) is 26.0 Å². The summed E-state index contributed by atoms with van der Waals surface area (Å²) in [4.78, 5) is 13.9. The fourth-order valence-electron chi connectivity index (χ4n) is 4.56. The van der Waals surface area contributed by atoms with Gasteiger partial charge >= 0.3 is 0 Å². The number of aliphatic imine (C=N–C) groups is 1. The molecular weight excluding hydrogens is 466 g/mol. The van der Waals surface area contributed by atoms with Crippen LogP contribution < -0.4 is 0 Å². The molecule has 6 rings (SSSR count). The van der Waals surface area contributed by atoms with Crippen molar-refractivity contribution >= 4 is 29.3 Å². The first-order valence-electron chi connectivity index (χ1n) is 12.5. The molecule has 0 radical (unpaired) electrons. The topological polar surface area (TPSA) is 66.8 Å². The molecule has 0 bridgehead atoms. The van der Waals surface area contributed by atoms with Crippen molar-refractivity contribution in [2.45, 2.75) is 13.3 Å². The van der Waals surface area contributed by atoms with Crippen molar-refractivity contribution < 1.29 is 0 Å². The number of aromatic amines is 1. The van der Waals surface area contributed by atoms with E-state index in [-0.39, 0.29) is 0 Å². The fourth-order valence-corrected chi connectivity index (χ4v) is 4.56. The van der Waals surface area contributed by atoms with E-state index >= 15 is 0 Å². The second-order valence-corrected chi connectivity index (χ2v) is 9.17. The minimum absolute atomic E-state index is 0.755. The molecule has 1 aromatic carbocycles. The van der Waals surface area contributed by atoms with Gasteiger partial charge in [-0.2, -0.15) is 5.10 Å². The van der Waals surface area contributed by atoms with E-state index in [2.05, 4.69) is 86.8 Å². The lowest BCUT2D eigenvalue weighted by molar-refractivity contribution is 1.08. The fraction of sp³-hybridized carbons (Fsp3) is 0.0606. The Labute approximate surface area is 221 Å². The van der Waals surface area contributed by atoms with E-state index in [1.54, 1.807) is 0 Å². The van der Waals surface area contributed by atoms with Crippen LogP contribution in [0.5, 0.6) is 0 Å². The first kappa shape index (κ1) is 23.3. The van der Waals surface area contributed by atoms with E-state index in [1.165, 1.54) is 0 Å². The van der Waals surface area contributed by atoms with Crippen molar-refractivity contribution in [3.05, 3.63) is 143 Å². The van der Waals surface area contributed by atoms with Gasteiger partial charge in [0.1, 0.15) is 5.69 Å². The highest BCUT2D eigenvalue weighted by molar-refractivity contribution is 5.88. The molecular formula is C33H25N5.